The molecule has 1 aliphatic heterocycles. The molecule has 1 fully saturated rings. The Labute approximate surface area is 241 Å². The number of aromatic nitrogens is 4. The average molecular weight is 625 g/mol. The number of nitrogens with one attached hydrogen (secondary N) is 1. The molecule has 0 saturated carbocycles. The van der Waals surface area contributed by atoms with Gasteiger partial charge in [0.2, 0.25) is 5.13 Å². The van der Waals surface area contributed by atoms with Crippen LogP contribution in [0.5, 0.6) is 0 Å². The van der Waals surface area contributed by atoms with Crippen LogP contribution in [-0.2, 0) is 32.7 Å². The molecule has 0 radical (unpaired) electrons. The molecule has 1 aliphatic rings. The van der Waals surface area contributed by atoms with E-state index < -0.39 is 55.3 Å². The number of hydrogen-bond donors (Lipinski definition) is 2. The predicted molar refractivity (Wildman–Crippen MR) is 148 cm³/mol. The molecule has 17 heteroatoms. The maximum absolute atomic E-state index is 15.4. The topological polar surface area (TPSA) is 170 Å². The van der Waals surface area contributed by atoms with Crippen LogP contribution in [0.15, 0.2) is 12.7 Å². The van der Waals surface area contributed by atoms with Crippen LogP contribution in [0.3, 0.4) is 0 Å². The molecule has 2 aromatic rings. The number of thioether (sulfide) groups is 1. The van der Waals surface area contributed by atoms with Crippen molar-refractivity contribution in [2.75, 3.05) is 24.7 Å². The fraction of sp³-hybridized carbons (Fsp3) is 0.696. The highest BCUT2D eigenvalue weighted by atomic mass is 35.5. The Morgan fingerprint density at radius 2 is 2.02 bits per heavy atom. The molecule has 0 amide bonds. The lowest BCUT2D eigenvalue weighted by atomic mass is 10.00. The lowest BCUT2D eigenvalue weighted by Crippen LogP contribution is -2.36. The van der Waals surface area contributed by atoms with Crippen LogP contribution >= 0.6 is 31.1 Å². The van der Waals surface area contributed by atoms with E-state index in [-0.39, 0.29) is 40.9 Å². The van der Waals surface area contributed by atoms with E-state index in [1.54, 1.807) is 34.6 Å². The summed E-state index contributed by atoms with van der Waals surface area (Å²) >= 11 is 7.19. The number of nitrogens with zero attached hydrogens (tertiary/aromatic N) is 4. The van der Waals surface area contributed by atoms with Gasteiger partial charge in [-0.05, 0) is 20.8 Å². The van der Waals surface area contributed by atoms with Gasteiger partial charge in [-0.1, -0.05) is 44.1 Å². The monoisotopic (exact) mass is 624 g/mol. The second-order valence-corrected chi connectivity index (χ2v) is 14.0. The number of esters is 1. The first-order valence-electron chi connectivity index (χ1n) is 12.5. The molecule has 224 valence electrons. The van der Waals surface area contributed by atoms with Gasteiger partial charge in [0.25, 0.3) is 0 Å². The number of rotatable bonds is 12. The lowest BCUT2D eigenvalue weighted by Gasteiger charge is -2.24. The molecule has 1 saturated heterocycles. The van der Waals surface area contributed by atoms with Crippen LogP contribution in [0, 0.1) is 5.41 Å². The van der Waals surface area contributed by atoms with E-state index in [0.29, 0.717) is 0 Å². The second-order valence-electron chi connectivity index (χ2n) is 10.5. The van der Waals surface area contributed by atoms with Crippen LogP contribution in [0.25, 0.3) is 11.2 Å². The number of halogens is 2. The summed E-state index contributed by atoms with van der Waals surface area (Å²) in [5, 5.41) is 0.0840. The first-order valence-corrected chi connectivity index (χ1v) is 15.4. The molecule has 40 heavy (non-hydrogen) atoms. The average Bonchev–Trinajstić information content (AvgIpc) is 3.40. The van der Waals surface area contributed by atoms with Gasteiger partial charge in [0, 0.05) is 17.6 Å². The minimum atomic E-state index is -4.17. The summed E-state index contributed by atoms with van der Waals surface area (Å²) in [5.74, 6) is -0.377. The third-order valence-corrected chi connectivity index (χ3v) is 8.80. The number of carbonyl (C=O) groups excluding carboxylic acids is 2. The lowest BCUT2D eigenvalue weighted by molar-refractivity contribution is -0.149. The summed E-state index contributed by atoms with van der Waals surface area (Å²) in [6, 6.07) is -1.06. The number of carbonyl (C=O) groups is 2. The zero-order valence-corrected chi connectivity index (χ0v) is 25.6. The molecular formula is C23H35ClFN6O7PS. The third kappa shape index (κ3) is 8.34. The van der Waals surface area contributed by atoms with Crippen molar-refractivity contribution in [2.45, 2.75) is 77.6 Å². The molecule has 0 spiro atoms. The van der Waals surface area contributed by atoms with Crippen LogP contribution in [0.1, 0.15) is 54.2 Å². The highest BCUT2D eigenvalue weighted by Crippen LogP contribution is 2.49. The standard InChI is InChI=1S/C23H35ClFN6O7PS/c1-13(2)37-19(32)14(3)30-39(34,35-7-8-40-21(33)22(4,5)6)36-10-15-9-23(24,25)20(38-15)31-12-29-16-17(26)27-11-28-18(16)31/h11-15,20H,7-10H2,1-6H3,(H,30,34)(H2,26,27,28). The molecule has 0 bridgehead atoms. The zero-order chi connectivity index (χ0) is 29.9. The fourth-order valence-electron chi connectivity index (χ4n) is 3.57. The van der Waals surface area contributed by atoms with Crippen molar-refractivity contribution < 1.29 is 37.1 Å². The summed E-state index contributed by atoms with van der Waals surface area (Å²) in [4.78, 5) is 36.6. The summed E-state index contributed by atoms with van der Waals surface area (Å²) in [6.45, 7) is 9.60. The molecule has 5 unspecified atom stereocenters. The molecule has 3 heterocycles. The maximum atomic E-state index is 15.4. The van der Waals surface area contributed by atoms with E-state index in [1.165, 1.54) is 24.1 Å². The molecular weight excluding hydrogens is 590 g/mol. The van der Waals surface area contributed by atoms with Gasteiger partial charge in [-0.15, -0.1) is 0 Å². The number of alkyl halides is 2. The number of ether oxygens (including phenoxy) is 2. The Kier molecular flexibility index (Phi) is 10.6. The largest absolute Gasteiger partial charge is 0.462 e. The number of anilines is 1. The number of fused-ring (bicyclic) bond motifs is 1. The summed E-state index contributed by atoms with van der Waals surface area (Å²) < 4.78 is 52.4. The van der Waals surface area contributed by atoms with Gasteiger partial charge in [-0.3, -0.25) is 23.2 Å². The Morgan fingerprint density at radius 3 is 2.67 bits per heavy atom. The maximum Gasteiger partial charge on any atom is 0.406 e. The van der Waals surface area contributed by atoms with Crippen molar-refractivity contribution in [2.24, 2.45) is 5.41 Å². The van der Waals surface area contributed by atoms with Crippen molar-refractivity contribution >= 4 is 59.2 Å². The molecule has 2 aromatic heterocycles. The van der Waals surface area contributed by atoms with Gasteiger partial charge in [0.15, 0.2) is 22.8 Å². The summed E-state index contributed by atoms with van der Waals surface area (Å²) in [6.07, 6.45) is -0.553. The fourth-order valence-corrected chi connectivity index (χ4v) is 6.30. The quantitative estimate of drug-likeness (QED) is 0.151. The van der Waals surface area contributed by atoms with Crippen molar-refractivity contribution in [1.82, 2.24) is 24.6 Å². The molecule has 3 rings (SSSR count). The molecule has 0 aliphatic carbocycles. The number of nitrogen functional groups attached to an aromatic ring is 1. The van der Waals surface area contributed by atoms with Gasteiger partial charge in [0.05, 0.1) is 31.7 Å². The Balaban J connectivity index is 1.69. The first-order chi connectivity index (χ1) is 18.5. The predicted octanol–water partition coefficient (Wildman–Crippen LogP) is 3.98. The highest BCUT2D eigenvalue weighted by molar-refractivity contribution is 8.13. The number of imidazole rings is 1. The normalized spacial score (nSPS) is 23.8. The molecule has 5 atom stereocenters. The smallest absolute Gasteiger partial charge is 0.406 e. The Bertz CT molecular complexity index is 1260. The van der Waals surface area contributed by atoms with Gasteiger partial charge >= 0.3 is 13.7 Å². The number of hydrogen-bond acceptors (Lipinski definition) is 12. The van der Waals surface area contributed by atoms with E-state index in [0.717, 1.165) is 11.8 Å². The van der Waals surface area contributed by atoms with Crippen LogP contribution in [0.2, 0.25) is 0 Å². The minimum Gasteiger partial charge on any atom is -0.462 e. The van der Waals surface area contributed by atoms with Crippen LogP contribution < -0.4 is 10.8 Å². The third-order valence-electron chi connectivity index (χ3n) is 5.50. The van der Waals surface area contributed by atoms with Crippen LogP contribution in [-0.4, -0.2) is 72.9 Å². The van der Waals surface area contributed by atoms with E-state index in [1.807, 2.05) is 0 Å². The van der Waals surface area contributed by atoms with Crippen molar-refractivity contribution in [3.05, 3.63) is 12.7 Å². The van der Waals surface area contributed by atoms with Crippen molar-refractivity contribution in [3.63, 3.8) is 0 Å². The van der Waals surface area contributed by atoms with Crippen LogP contribution in [0.4, 0.5) is 10.2 Å². The Hall–Kier alpha value is -1.87. The van der Waals surface area contributed by atoms with Crippen molar-refractivity contribution in [1.29, 1.82) is 0 Å². The van der Waals surface area contributed by atoms with Gasteiger partial charge in [-0.25, -0.2) is 29.0 Å². The molecule has 0 aromatic carbocycles. The zero-order valence-electron chi connectivity index (χ0n) is 23.1. The van der Waals surface area contributed by atoms with Gasteiger partial charge < -0.3 is 15.2 Å². The first kappa shape index (κ1) is 32.6. The van der Waals surface area contributed by atoms with Gasteiger partial charge in [-0.2, -0.15) is 0 Å². The SMILES string of the molecule is CC(C)OC(=O)C(C)NP(=O)(OCCSC(=O)C(C)(C)C)OCC1CC(F)(Cl)C(n2cnc3c(N)ncnc32)O1. The summed E-state index contributed by atoms with van der Waals surface area (Å²) in [7, 11) is -4.17. The van der Waals surface area contributed by atoms with Gasteiger partial charge in [0.1, 0.15) is 17.9 Å². The molecule has 3 N–H and O–H groups in total. The van der Waals surface area contributed by atoms with E-state index in [4.69, 9.17) is 35.9 Å². The van der Waals surface area contributed by atoms with E-state index >= 15 is 4.39 Å². The number of nitrogens with two attached hydrogens (primary N) is 1. The highest BCUT2D eigenvalue weighted by Gasteiger charge is 2.50. The second kappa shape index (κ2) is 13.0. The van der Waals surface area contributed by atoms with Crippen molar-refractivity contribution in [3.8, 4) is 0 Å². The molecule has 13 nitrogen and oxygen atoms in total. The minimum absolute atomic E-state index is 0.0699. The Morgan fingerprint density at radius 1 is 1.32 bits per heavy atom. The van der Waals surface area contributed by atoms with E-state index in [9.17, 15) is 14.2 Å². The summed E-state index contributed by atoms with van der Waals surface area (Å²) in [5.41, 5.74) is 5.73. The van der Waals surface area contributed by atoms with E-state index in [2.05, 4.69) is 20.0 Å².